The molecule has 0 bridgehead atoms. The molecule has 1 aliphatic rings. The predicted octanol–water partition coefficient (Wildman–Crippen LogP) is 13.8. The fraction of sp³-hybridized carbons (Fsp3) is 0.0185. The van der Waals surface area contributed by atoms with Crippen LogP contribution in [0.1, 0.15) is 17.2 Å². The van der Waals surface area contributed by atoms with Gasteiger partial charge in [-0.05, 0) is 94.9 Å². The molecule has 4 heterocycles. The minimum absolute atomic E-state index is 0.131. The van der Waals surface area contributed by atoms with Crippen molar-refractivity contribution in [1.82, 2.24) is 14.5 Å². The molecule has 0 saturated carbocycles. The first-order valence-corrected chi connectivity index (χ1v) is 20.2. The van der Waals surface area contributed by atoms with Gasteiger partial charge in [0.25, 0.3) is 0 Å². The average molecular weight is 755 g/mol. The van der Waals surface area contributed by atoms with Crippen molar-refractivity contribution in [3.8, 4) is 16.8 Å². The highest BCUT2D eigenvalue weighted by Crippen LogP contribution is 2.41. The van der Waals surface area contributed by atoms with Gasteiger partial charge >= 0.3 is 0 Å². The van der Waals surface area contributed by atoms with Gasteiger partial charge in [-0.2, -0.15) is 0 Å². The molecule has 5 nitrogen and oxygen atoms in total. The van der Waals surface area contributed by atoms with Gasteiger partial charge in [-0.1, -0.05) is 121 Å². The number of para-hydroxylation sites is 4. The number of hydrogen-bond acceptors (Lipinski definition) is 3. The van der Waals surface area contributed by atoms with Crippen LogP contribution in [0, 0.1) is 0 Å². The van der Waals surface area contributed by atoms with Gasteiger partial charge in [-0.3, -0.25) is 4.57 Å². The third kappa shape index (κ3) is 4.76. The standard InChI is InChI=1S/C54H34N4O/c1-2-13-37(14-3-1)57-47-20-10-7-16-39(47)43-30-34(23-27-49(43)57)35-24-28-50-44(31-35)40-17-8-11-21-48(40)58(50)54-55-46-19-9-6-18-42(46)52(56-54)36-25-29-51-45(32-36)41-26-22-33-12-4-5-15-38(33)53(41)59-51/h1-32,52H,(H,55,56). The van der Waals surface area contributed by atoms with E-state index in [0.29, 0.717) is 0 Å². The Balaban J connectivity index is 0.947. The topological polar surface area (TPSA) is 47.4 Å². The summed E-state index contributed by atoms with van der Waals surface area (Å²) < 4.78 is 11.2. The molecule has 0 amide bonds. The minimum atomic E-state index is -0.131. The van der Waals surface area contributed by atoms with E-state index in [4.69, 9.17) is 9.41 Å². The summed E-state index contributed by atoms with van der Waals surface area (Å²) >= 11 is 0. The van der Waals surface area contributed by atoms with Crippen LogP contribution in [0.3, 0.4) is 0 Å². The summed E-state index contributed by atoms with van der Waals surface area (Å²) in [6.45, 7) is 0. The van der Waals surface area contributed by atoms with Crippen LogP contribution in [0.25, 0.3) is 93.1 Å². The molecule has 13 rings (SSSR count). The molecule has 1 unspecified atom stereocenters. The second-order valence-corrected chi connectivity index (χ2v) is 15.6. The minimum Gasteiger partial charge on any atom is -0.455 e. The molecular formula is C54H34N4O. The lowest BCUT2D eigenvalue weighted by molar-refractivity contribution is 0.671. The zero-order chi connectivity index (χ0) is 38.6. The lowest BCUT2D eigenvalue weighted by atomic mass is 9.94. The molecule has 0 aliphatic carbocycles. The third-order valence-electron chi connectivity index (χ3n) is 12.4. The Morgan fingerprint density at radius 1 is 0.441 bits per heavy atom. The molecule has 0 spiro atoms. The van der Waals surface area contributed by atoms with Crippen molar-refractivity contribution in [2.45, 2.75) is 6.04 Å². The largest absolute Gasteiger partial charge is 0.455 e. The highest BCUT2D eigenvalue weighted by Gasteiger charge is 2.27. The van der Waals surface area contributed by atoms with Crippen molar-refractivity contribution >= 4 is 88.0 Å². The molecule has 3 aromatic heterocycles. The molecule has 276 valence electrons. The quantitative estimate of drug-likeness (QED) is 0.195. The van der Waals surface area contributed by atoms with Crippen LogP contribution in [0.4, 0.5) is 5.69 Å². The lowest BCUT2D eigenvalue weighted by Crippen LogP contribution is -2.36. The molecule has 1 N–H and O–H groups in total. The Bertz CT molecular complexity index is 3720. The van der Waals surface area contributed by atoms with Gasteiger partial charge in [0, 0.05) is 49.0 Å². The third-order valence-corrected chi connectivity index (χ3v) is 12.4. The van der Waals surface area contributed by atoms with E-state index in [9.17, 15) is 0 Å². The van der Waals surface area contributed by atoms with Gasteiger partial charge in [0.05, 0.1) is 33.8 Å². The number of benzene rings is 9. The number of aliphatic imine (C=N–C) groups is 1. The Hall–Kier alpha value is -7.89. The number of aromatic nitrogens is 2. The first kappa shape index (κ1) is 32.2. The SMILES string of the molecule is c1ccc(-n2c3ccccc3c3cc(-c4ccc5c(c4)c4ccccc4n5C4=Nc5ccccc5C(c5ccc6oc7c8ccccc8ccc7c6c5)N4)ccc32)cc1. The number of fused-ring (bicyclic) bond motifs is 12. The molecule has 12 aromatic rings. The van der Waals surface area contributed by atoms with Crippen molar-refractivity contribution < 1.29 is 4.42 Å². The maximum absolute atomic E-state index is 6.51. The molecule has 5 heteroatoms. The van der Waals surface area contributed by atoms with Crippen LogP contribution < -0.4 is 5.32 Å². The molecule has 0 saturated heterocycles. The van der Waals surface area contributed by atoms with Crippen molar-refractivity contribution in [2.24, 2.45) is 4.99 Å². The summed E-state index contributed by atoms with van der Waals surface area (Å²) in [5, 5.41) is 13.3. The van der Waals surface area contributed by atoms with Crippen molar-refractivity contribution in [1.29, 1.82) is 0 Å². The zero-order valence-corrected chi connectivity index (χ0v) is 31.8. The summed E-state index contributed by atoms with van der Waals surface area (Å²) in [6.07, 6.45) is 0. The normalized spacial score (nSPS) is 14.2. The van der Waals surface area contributed by atoms with E-state index in [1.807, 2.05) is 0 Å². The summed E-state index contributed by atoms with van der Waals surface area (Å²) in [7, 11) is 0. The number of rotatable bonds is 3. The van der Waals surface area contributed by atoms with Gasteiger partial charge in [0.1, 0.15) is 11.2 Å². The van der Waals surface area contributed by atoms with Gasteiger partial charge in [0.2, 0.25) is 5.96 Å². The van der Waals surface area contributed by atoms with E-state index in [0.717, 1.165) is 66.8 Å². The van der Waals surface area contributed by atoms with E-state index in [1.165, 1.54) is 49.1 Å². The molecule has 0 fully saturated rings. The smallest absolute Gasteiger partial charge is 0.209 e. The molecule has 0 radical (unpaired) electrons. The van der Waals surface area contributed by atoms with E-state index >= 15 is 0 Å². The maximum Gasteiger partial charge on any atom is 0.209 e. The second-order valence-electron chi connectivity index (χ2n) is 15.6. The summed E-state index contributed by atoms with van der Waals surface area (Å²) in [4.78, 5) is 5.32. The van der Waals surface area contributed by atoms with E-state index < -0.39 is 0 Å². The van der Waals surface area contributed by atoms with Crippen molar-refractivity contribution in [2.75, 3.05) is 0 Å². The van der Waals surface area contributed by atoms with Crippen molar-refractivity contribution in [3.05, 3.63) is 205 Å². The van der Waals surface area contributed by atoms with Crippen LogP contribution in [-0.2, 0) is 0 Å². The number of nitrogens with zero attached hydrogens (tertiary/aromatic N) is 3. The molecular weight excluding hydrogens is 721 g/mol. The fourth-order valence-electron chi connectivity index (χ4n) is 9.65. The van der Waals surface area contributed by atoms with Crippen molar-refractivity contribution in [3.63, 3.8) is 0 Å². The fourth-order valence-corrected chi connectivity index (χ4v) is 9.65. The van der Waals surface area contributed by atoms with Crippen LogP contribution in [-0.4, -0.2) is 15.1 Å². The van der Waals surface area contributed by atoms with E-state index in [2.05, 4.69) is 209 Å². The molecule has 9 aromatic carbocycles. The Morgan fingerprint density at radius 3 is 1.85 bits per heavy atom. The van der Waals surface area contributed by atoms with E-state index in [1.54, 1.807) is 0 Å². The molecule has 1 atom stereocenters. The zero-order valence-electron chi connectivity index (χ0n) is 31.8. The monoisotopic (exact) mass is 754 g/mol. The summed E-state index contributed by atoms with van der Waals surface area (Å²) in [5.74, 6) is 0.797. The Labute approximate surface area is 338 Å². The summed E-state index contributed by atoms with van der Waals surface area (Å²) in [5.41, 5.74) is 13.2. The number of hydrogen-bond donors (Lipinski definition) is 1. The van der Waals surface area contributed by atoms with E-state index in [-0.39, 0.29) is 6.04 Å². The van der Waals surface area contributed by atoms with Crippen LogP contribution in [0.15, 0.2) is 204 Å². The Kier molecular flexibility index (Phi) is 6.72. The van der Waals surface area contributed by atoms with Crippen LogP contribution in [0.5, 0.6) is 0 Å². The first-order chi connectivity index (χ1) is 29.2. The number of nitrogens with one attached hydrogen (secondary N) is 1. The predicted molar refractivity (Wildman–Crippen MR) is 244 cm³/mol. The summed E-state index contributed by atoms with van der Waals surface area (Å²) in [6, 6.07) is 69.5. The van der Waals surface area contributed by atoms with Gasteiger partial charge < -0.3 is 14.3 Å². The maximum atomic E-state index is 6.51. The highest BCUT2D eigenvalue weighted by atomic mass is 16.3. The average Bonchev–Trinajstić information content (AvgIpc) is 3.96. The number of furan rings is 1. The van der Waals surface area contributed by atoms with Crippen LogP contribution in [0.2, 0.25) is 0 Å². The molecule has 59 heavy (non-hydrogen) atoms. The van der Waals surface area contributed by atoms with Gasteiger partial charge in [-0.25, -0.2) is 4.99 Å². The molecule has 1 aliphatic heterocycles. The second kappa shape index (κ2) is 12.3. The first-order valence-electron chi connectivity index (χ1n) is 20.2. The van der Waals surface area contributed by atoms with Crippen LogP contribution >= 0.6 is 0 Å². The lowest BCUT2D eigenvalue weighted by Gasteiger charge is -2.28. The van der Waals surface area contributed by atoms with Gasteiger partial charge in [0.15, 0.2) is 0 Å². The Morgan fingerprint density at radius 2 is 1.07 bits per heavy atom. The highest BCUT2D eigenvalue weighted by molar-refractivity contribution is 6.17. The van der Waals surface area contributed by atoms with Gasteiger partial charge in [-0.15, -0.1) is 0 Å².